The quantitative estimate of drug-likeness (QED) is 0.675. The van der Waals surface area contributed by atoms with Gasteiger partial charge in [-0.05, 0) is 25.2 Å². The molecular weight excluding hydrogens is 176 g/mol. The fraction of sp³-hybridized carbons (Fsp3) is 0.909. The Morgan fingerprint density at radius 1 is 1.57 bits per heavy atom. The summed E-state index contributed by atoms with van der Waals surface area (Å²) in [6.07, 6.45) is 4.50. The van der Waals surface area contributed by atoms with Gasteiger partial charge in [0.1, 0.15) is 0 Å². The van der Waals surface area contributed by atoms with Gasteiger partial charge in [0, 0.05) is 18.5 Å². The first kappa shape index (κ1) is 11.5. The lowest BCUT2D eigenvalue weighted by molar-refractivity contribution is -0.125. The Labute approximate surface area is 86.4 Å². The highest BCUT2D eigenvalue weighted by molar-refractivity contribution is 5.78. The van der Waals surface area contributed by atoms with Gasteiger partial charge < -0.3 is 11.1 Å². The molecule has 0 radical (unpaired) electrons. The molecule has 0 aromatic heterocycles. The number of rotatable bonds is 6. The molecule has 0 aromatic carbocycles. The van der Waals surface area contributed by atoms with Crippen molar-refractivity contribution in [1.29, 1.82) is 0 Å². The van der Waals surface area contributed by atoms with Gasteiger partial charge in [-0.1, -0.05) is 20.3 Å². The maximum atomic E-state index is 11.6. The van der Waals surface area contributed by atoms with Crippen LogP contribution in [0.5, 0.6) is 0 Å². The molecule has 0 aliphatic heterocycles. The van der Waals surface area contributed by atoms with Gasteiger partial charge in [-0.2, -0.15) is 0 Å². The Bertz CT molecular complexity index is 190. The Morgan fingerprint density at radius 3 is 2.71 bits per heavy atom. The molecule has 14 heavy (non-hydrogen) atoms. The van der Waals surface area contributed by atoms with E-state index in [1.165, 1.54) is 12.8 Å². The first-order valence-corrected chi connectivity index (χ1v) is 5.68. The Morgan fingerprint density at radius 2 is 2.21 bits per heavy atom. The third-order valence-corrected chi connectivity index (χ3v) is 2.94. The highest BCUT2D eigenvalue weighted by atomic mass is 16.1. The van der Waals surface area contributed by atoms with Crippen LogP contribution in [0.2, 0.25) is 0 Å². The van der Waals surface area contributed by atoms with E-state index in [-0.39, 0.29) is 17.9 Å². The second kappa shape index (κ2) is 5.35. The van der Waals surface area contributed by atoms with Crippen LogP contribution in [0.1, 0.15) is 39.5 Å². The largest absolute Gasteiger partial charge is 0.354 e. The van der Waals surface area contributed by atoms with Gasteiger partial charge in [0.2, 0.25) is 5.91 Å². The van der Waals surface area contributed by atoms with Crippen molar-refractivity contribution >= 4 is 5.91 Å². The van der Waals surface area contributed by atoms with Crippen molar-refractivity contribution in [3.05, 3.63) is 0 Å². The molecule has 3 heteroatoms. The fourth-order valence-electron chi connectivity index (χ4n) is 1.68. The number of hydrogen-bond donors (Lipinski definition) is 2. The molecule has 3 N–H and O–H groups in total. The fourth-order valence-corrected chi connectivity index (χ4v) is 1.68. The summed E-state index contributed by atoms with van der Waals surface area (Å²) >= 11 is 0. The summed E-state index contributed by atoms with van der Waals surface area (Å²) in [6, 6.07) is 0.121. The number of carbonyl (C=O) groups excluding carboxylic acids is 1. The molecule has 1 amide bonds. The molecule has 1 fully saturated rings. The Balaban J connectivity index is 2.13. The summed E-state index contributed by atoms with van der Waals surface area (Å²) in [4.78, 5) is 11.6. The second-order valence-corrected chi connectivity index (χ2v) is 4.42. The summed E-state index contributed by atoms with van der Waals surface area (Å²) in [5.41, 5.74) is 5.81. The van der Waals surface area contributed by atoms with Gasteiger partial charge in [0.15, 0.2) is 0 Å². The van der Waals surface area contributed by atoms with Crippen molar-refractivity contribution in [2.45, 2.75) is 45.6 Å². The Hall–Kier alpha value is -0.570. The van der Waals surface area contributed by atoms with Gasteiger partial charge >= 0.3 is 0 Å². The zero-order valence-corrected chi connectivity index (χ0v) is 9.25. The first-order valence-electron chi connectivity index (χ1n) is 5.68. The van der Waals surface area contributed by atoms with Crippen molar-refractivity contribution in [1.82, 2.24) is 5.32 Å². The van der Waals surface area contributed by atoms with Crippen molar-refractivity contribution in [2.75, 3.05) is 6.54 Å². The molecule has 3 nitrogen and oxygen atoms in total. The number of nitrogens with one attached hydrogen (secondary N) is 1. The van der Waals surface area contributed by atoms with Crippen LogP contribution < -0.4 is 11.1 Å². The highest BCUT2D eigenvalue weighted by Gasteiger charge is 2.32. The molecule has 1 aliphatic carbocycles. The molecule has 0 saturated heterocycles. The molecule has 1 saturated carbocycles. The number of amides is 1. The molecule has 1 aliphatic rings. The zero-order chi connectivity index (χ0) is 10.6. The van der Waals surface area contributed by atoms with E-state index >= 15 is 0 Å². The summed E-state index contributed by atoms with van der Waals surface area (Å²) in [6.45, 7) is 4.75. The van der Waals surface area contributed by atoms with Crippen LogP contribution in [-0.2, 0) is 4.79 Å². The monoisotopic (exact) mass is 198 g/mol. The third kappa shape index (κ3) is 3.66. The predicted molar refractivity (Wildman–Crippen MR) is 57.8 cm³/mol. The van der Waals surface area contributed by atoms with E-state index in [0.717, 1.165) is 12.8 Å². The maximum Gasteiger partial charge on any atom is 0.223 e. The minimum atomic E-state index is 0.121. The average molecular weight is 198 g/mol. The van der Waals surface area contributed by atoms with E-state index in [2.05, 4.69) is 12.2 Å². The van der Waals surface area contributed by atoms with Crippen LogP contribution in [0, 0.1) is 11.8 Å². The molecular formula is C11H22N2O. The Kier molecular flexibility index (Phi) is 4.39. The van der Waals surface area contributed by atoms with Crippen LogP contribution in [0.15, 0.2) is 0 Å². The second-order valence-electron chi connectivity index (χ2n) is 4.42. The predicted octanol–water partition coefficient (Wildman–Crippen LogP) is 1.28. The normalized spacial score (nSPS) is 20.2. The first-order chi connectivity index (χ1) is 6.65. The topological polar surface area (TPSA) is 55.1 Å². The van der Waals surface area contributed by atoms with Crippen LogP contribution in [0.3, 0.4) is 0 Å². The van der Waals surface area contributed by atoms with Crippen LogP contribution in [0.4, 0.5) is 0 Å². The smallest absolute Gasteiger partial charge is 0.223 e. The van der Waals surface area contributed by atoms with Crippen molar-refractivity contribution in [3.8, 4) is 0 Å². The molecule has 0 bridgehead atoms. The van der Waals surface area contributed by atoms with Gasteiger partial charge in [0.25, 0.3) is 0 Å². The van der Waals surface area contributed by atoms with E-state index in [9.17, 15) is 4.79 Å². The molecule has 2 unspecified atom stereocenters. The zero-order valence-electron chi connectivity index (χ0n) is 9.25. The average Bonchev–Trinajstić information content (AvgIpc) is 2.96. The van der Waals surface area contributed by atoms with E-state index in [1.54, 1.807) is 0 Å². The van der Waals surface area contributed by atoms with Crippen LogP contribution >= 0.6 is 0 Å². The van der Waals surface area contributed by atoms with Crippen molar-refractivity contribution in [3.63, 3.8) is 0 Å². The summed E-state index contributed by atoms with van der Waals surface area (Å²) in [5, 5.41) is 2.92. The van der Waals surface area contributed by atoms with Gasteiger partial charge in [-0.25, -0.2) is 0 Å². The van der Waals surface area contributed by atoms with Gasteiger partial charge in [-0.3, -0.25) is 4.79 Å². The van der Waals surface area contributed by atoms with Crippen molar-refractivity contribution in [2.24, 2.45) is 17.6 Å². The molecule has 0 spiro atoms. The number of carbonyl (C=O) groups is 1. The maximum absolute atomic E-state index is 11.6. The van der Waals surface area contributed by atoms with E-state index < -0.39 is 0 Å². The minimum absolute atomic E-state index is 0.121. The van der Waals surface area contributed by atoms with E-state index in [0.29, 0.717) is 12.5 Å². The molecule has 0 aromatic rings. The highest BCUT2D eigenvalue weighted by Crippen LogP contribution is 2.36. The van der Waals surface area contributed by atoms with E-state index in [4.69, 9.17) is 5.73 Å². The minimum Gasteiger partial charge on any atom is -0.354 e. The number of nitrogens with two attached hydrogens (primary N) is 1. The van der Waals surface area contributed by atoms with Gasteiger partial charge in [-0.15, -0.1) is 0 Å². The molecule has 82 valence electrons. The molecule has 0 heterocycles. The van der Waals surface area contributed by atoms with Crippen LogP contribution in [0.25, 0.3) is 0 Å². The lowest BCUT2D eigenvalue weighted by Gasteiger charge is -2.14. The lowest BCUT2D eigenvalue weighted by Crippen LogP contribution is -2.39. The number of hydrogen-bond acceptors (Lipinski definition) is 2. The third-order valence-electron chi connectivity index (χ3n) is 2.94. The van der Waals surface area contributed by atoms with E-state index in [1.807, 2.05) is 6.92 Å². The van der Waals surface area contributed by atoms with Gasteiger partial charge in [0.05, 0.1) is 0 Å². The molecule has 1 rings (SSSR count). The standard InChI is InChI=1S/C11H22N2O/c1-3-4-10(12)7-13-11(14)8(2)9-5-6-9/h8-10H,3-7,12H2,1-2H3,(H,13,14). The lowest BCUT2D eigenvalue weighted by atomic mass is 10.1. The SMILES string of the molecule is CCCC(N)CNC(=O)C(C)C1CC1. The summed E-state index contributed by atoms with van der Waals surface area (Å²) in [5.74, 6) is 1.00. The van der Waals surface area contributed by atoms with Crippen LogP contribution in [-0.4, -0.2) is 18.5 Å². The molecule has 2 atom stereocenters. The van der Waals surface area contributed by atoms with Crippen molar-refractivity contribution < 1.29 is 4.79 Å². The summed E-state index contributed by atoms with van der Waals surface area (Å²) < 4.78 is 0. The summed E-state index contributed by atoms with van der Waals surface area (Å²) in [7, 11) is 0.